The molecule has 17 heavy (non-hydrogen) atoms. The second-order valence-corrected chi connectivity index (χ2v) is 5.89. The molecule has 2 N–H and O–H groups in total. The van der Waals surface area contributed by atoms with Crippen molar-refractivity contribution in [1.82, 2.24) is 10.2 Å². The van der Waals surface area contributed by atoms with Crippen LogP contribution in [0.5, 0.6) is 0 Å². The van der Waals surface area contributed by atoms with Crippen molar-refractivity contribution in [3.63, 3.8) is 0 Å². The first kappa shape index (κ1) is 14.5. The molecule has 0 atom stereocenters. The summed E-state index contributed by atoms with van der Waals surface area (Å²) in [6.45, 7) is 4.37. The van der Waals surface area contributed by atoms with E-state index < -0.39 is 5.60 Å². The van der Waals surface area contributed by atoms with Crippen LogP contribution in [-0.4, -0.2) is 47.7 Å². The average molecular weight is 242 g/mol. The highest BCUT2D eigenvalue weighted by molar-refractivity contribution is 5.78. The zero-order valence-corrected chi connectivity index (χ0v) is 11.3. The molecule has 1 saturated carbocycles. The molecule has 0 spiro atoms. The third-order valence-corrected chi connectivity index (χ3v) is 3.04. The van der Waals surface area contributed by atoms with E-state index in [0.29, 0.717) is 19.1 Å². The fourth-order valence-electron chi connectivity index (χ4n) is 2.48. The number of hydrogen-bond donors (Lipinski definition) is 2. The molecule has 0 saturated heterocycles. The first-order chi connectivity index (χ1) is 7.87. The van der Waals surface area contributed by atoms with Crippen LogP contribution in [0.4, 0.5) is 0 Å². The Hall–Kier alpha value is -0.610. The SMILES string of the molecule is CN(CC(=O)NC1CCCCC1)CC(C)(C)O. The summed E-state index contributed by atoms with van der Waals surface area (Å²) in [7, 11) is 1.86. The van der Waals surface area contributed by atoms with Gasteiger partial charge < -0.3 is 10.4 Å². The number of carbonyl (C=O) groups is 1. The lowest BCUT2D eigenvalue weighted by Crippen LogP contribution is -2.45. The topological polar surface area (TPSA) is 52.6 Å². The predicted octanol–water partition coefficient (Wildman–Crippen LogP) is 1.14. The summed E-state index contributed by atoms with van der Waals surface area (Å²) in [5.41, 5.74) is -0.750. The van der Waals surface area contributed by atoms with Crippen LogP contribution < -0.4 is 5.32 Å². The van der Waals surface area contributed by atoms with Crippen molar-refractivity contribution in [3.8, 4) is 0 Å². The molecule has 1 aliphatic rings. The van der Waals surface area contributed by atoms with Crippen LogP contribution in [0, 0.1) is 0 Å². The molecule has 1 rings (SSSR count). The summed E-state index contributed by atoms with van der Waals surface area (Å²) in [6.07, 6.45) is 5.97. The molecule has 0 aromatic heterocycles. The van der Waals surface area contributed by atoms with E-state index >= 15 is 0 Å². The molecule has 1 aliphatic carbocycles. The molecule has 1 amide bonds. The number of hydrogen-bond acceptors (Lipinski definition) is 3. The number of likely N-dealkylation sites (N-methyl/N-ethyl adjacent to an activating group) is 1. The molecule has 0 radical (unpaired) electrons. The van der Waals surface area contributed by atoms with Crippen molar-refractivity contribution in [2.75, 3.05) is 20.1 Å². The van der Waals surface area contributed by atoms with Gasteiger partial charge in [0, 0.05) is 12.6 Å². The largest absolute Gasteiger partial charge is 0.389 e. The van der Waals surface area contributed by atoms with E-state index in [9.17, 15) is 9.90 Å². The Morgan fingerprint density at radius 2 is 1.94 bits per heavy atom. The minimum Gasteiger partial charge on any atom is -0.389 e. The third-order valence-electron chi connectivity index (χ3n) is 3.04. The van der Waals surface area contributed by atoms with Gasteiger partial charge in [-0.15, -0.1) is 0 Å². The number of nitrogens with zero attached hydrogens (tertiary/aromatic N) is 1. The average Bonchev–Trinajstić information content (AvgIpc) is 2.15. The van der Waals surface area contributed by atoms with Gasteiger partial charge in [-0.3, -0.25) is 9.69 Å². The summed E-state index contributed by atoms with van der Waals surface area (Å²) in [6, 6.07) is 0.367. The zero-order valence-electron chi connectivity index (χ0n) is 11.3. The molecule has 4 nitrogen and oxygen atoms in total. The van der Waals surface area contributed by atoms with E-state index in [1.807, 2.05) is 11.9 Å². The molecule has 0 bridgehead atoms. The van der Waals surface area contributed by atoms with Crippen molar-refractivity contribution in [1.29, 1.82) is 0 Å². The Kier molecular flexibility index (Phi) is 5.40. The molecule has 0 aromatic carbocycles. The van der Waals surface area contributed by atoms with Crippen molar-refractivity contribution >= 4 is 5.91 Å². The van der Waals surface area contributed by atoms with Crippen LogP contribution in [0.1, 0.15) is 46.0 Å². The first-order valence-electron chi connectivity index (χ1n) is 6.57. The van der Waals surface area contributed by atoms with E-state index in [-0.39, 0.29) is 5.91 Å². The number of amides is 1. The van der Waals surface area contributed by atoms with Gasteiger partial charge in [-0.2, -0.15) is 0 Å². The highest BCUT2D eigenvalue weighted by Crippen LogP contribution is 2.17. The standard InChI is InChI=1S/C13H26N2O2/c1-13(2,17)10-15(3)9-12(16)14-11-7-5-4-6-8-11/h11,17H,4-10H2,1-3H3,(H,14,16). The fourth-order valence-corrected chi connectivity index (χ4v) is 2.48. The predicted molar refractivity (Wildman–Crippen MR) is 68.8 cm³/mol. The lowest BCUT2D eigenvalue weighted by Gasteiger charge is -2.27. The van der Waals surface area contributed by atoms with Gasteiger partial charge in [0.1, 0.15) is 0 Å². The van der Waals surface area contributed by atoms with E-state index in [4.69, 9.17) is 0 Å². The maximum atomic E-state index is 11.8. The van der Waals surface area contributed by atoms with Crippen molar-refractivity contribution in [2.45, 2.75) is 57.6 Å². The number of aliphatic hydroxyl groups is 1. The Morgan fingerprint density at radius 1 is 1.35 bits per heavy atom. The maximum absolute atomic E-state index is 11.8. The summed E-state index contributed by atoms with van der Waals surface area (Å²) in [5.74, 6) is 0.0728. The highest BCUT2D eigenvalue weighted by atomic mass is 16.3. The number of rotatable bonds is 5. The molecule has 100 valence electrons. The molecule has 0 aliphatic heterocycles. The summed E-state index contributed by atoms with van der Waals surface area (Å²) < 4.78 is 0. The normalized spacial score (nSPS) is 18.4. The minimum absolute atomic E-state index is 0.0728. The molecule has 4 heteroatoms. The van der Waals surface area contributed by atoms with Crippen LogP contribution in [0.3, 0.4) is 0 Å². The Morgan fingerprint density at radius 3 is 2.47 bits per heavy atom. The van der Waals surface area contributed by atoms with Gasteiger partial charge in [0.2, 0.25) is 5.91 Å². The molecule has 0 heterocycles. The summed E-state index contributed by atoms with van der Waals surface area (Å²) in [4.78, 5) is 13.6. The third kappa shape index (κ3) is 6.64. The molecule has 0 aromatic rings. The smallest absolute Gasteiger partial charge is 0.234 e. The fraction of sp³-hybridized carbons (Fsp3) is 0.923. The van der Waals surface area contributed by atoms with Crippen LogP contribution in [0.25, 0.3) is 0 Å². The van der Waals surface area contributed by atoms with Crippen molar-refractivity contribution < 1.29 is 9.90 Å². The second-order valence-electron chi connectivity index (χ2n) is 5.89. The monoisotopic (exact) mass is 242 g/mol. The van der Waals surface area contributed by atoms with Gasteiger partial charge >= 0.3 is 0 Å². The van der Waals surface area contributed by atoms with Crippen LogP contribution >= 0.6 is 0 Å². The maximum Gasteiger partial charge on any atom is 0.234 e. The molecular weight excluding hydrogens is 216 g/mol. The van der Waals surface area contributed by atoms with E-state index in [1.54, 1.807) is 13.8 Å². The second kappa shape index (κ2) is 6.36. The first-order valence-corrected chi connectivity index (χ1v) is 6.57. The zero-order chi connectivity index (χ0) is 12.9. The summed E-state index contributed by atoms with van der Waals surface area (Å²) >= 11 is 0. The van der Waals surface area contributed by atoms with Crippen LogP contribution in [-0.2, 0) is 4.79 Å². The summed E-state index contributed by atoms with van der Waals surface area (Å²) in [5, 5.41) is 12.7. The van der Waals surface area contributed by atoms with Gasteiger partial charge in [-0.05, 0) is 33.7 Å². The van der Waals surface area contributed by atoms with Crippen LogP contribution in [0.2, 0.25) is 0 Å². The number of nitrogens with one attached hydrogen (secondary N) is 1. The minimum atomic E-state index is -0.750. The Labute approximate surface area is 104 Å². The lowest BCUT2D eigenvalue weighted by atomic mass is 9.95. The lowest BCUT2D eigenvalue weighted by molar-refractivity contribution is -0.123. The van der Waals surface area contributed by atoms with Crippen LogP contribution in [0.15, 0.2) is 0 Å². The van der Waals surface area contributed by atoms with Gasteiger partial charge in [-0.1, -0.05) is 19.3 Å². The molecular formula is C13H26N2O2. The molecule has 0 unspecified atom stereocenters. The van der Waals surface area contributed by atoms with Gasteiger partial charge in [-0.25, -0.2) is 0 Å². The van der Waals surface area contributed by atoms with E-state index in [1.165, 1.54) is 19.3 Å². The van der Waals surface area contributed by atoms with Gasteiger partial charge in [0.05, 0.1) is 12.1 Å². The Balaban J connectivity index is 2.23. The van der Waals surface area contributed by atoms with E-state index in [2.05, 4.69) is 5.32 Å². The highest BCUT2D eigenvalue weighted by Gasteiger charge is 2.19. The number of carbonyl (C=O) groups excluding carboxylic acids is 1. The van der Waals surface area contributed by atoms with Gasteiger partial charge in [0.15, 0.2) is 0 Å². The van der Waals surface area contributed by atoms with Crippen molar-refractivity contribution in [2.24, 2.45) is 0 Å². The Bertz CT molecular complexity index is 242. The van der Waals surface area contributed by atoms with Gasteiger partial charge in [0.25, 0.3) is 0 Å². The van der Waals surface area contributed by atoms with E-state index in [0.717, 1.165) is 12.8 Å². The quantitative estimate of drug-likeness (QED) is 0.760. The van der Waals surface area contributed by atoms with Crippen molar-refractivity contribution in [3.05, 3.63) is 0 Å². The molecule has 1 fully saturated rings.